The second-order valence-electron chi connectivity index (χ2n) is 5.93. The summed E-state index contributed by atoms with van der Waals surface area (Å²) in [6, 6.07) is 13.4. The summed E-state index contributed by atoms with van der Waals surface area (Å²) in [6.07, 6.45) is 0.0185. The summed E-state index contributed by atoms with van der Waals surface area (Å²) in [5, 5.41) is 10.4. The van der Waals surface area contributed by atoms with Gasteiger partial charge in [0.2, 0.25) is 11.8 Å². The average molecular weight is 463 g/mol. The predicted octanol–water partition coefficient (Wildman–Crippen LogP) is 2.69. The third-order valence-electron chi connectivity index (χ3n) is 3.99. The molecule has 0 bridgehead atoms. The number of imide groups is 1. The average Bonchev–Trinajstić information content (AvgIpc) is 2.94. The van der Waals surface area contributed by atoms with Crippen molar-refractivity contribution in [2.24, 2.45) is 0 Å². The summed E-state index contributed by atoms with van der Waals surface area (Å²) in [5.74, 6) is -2.36. The molecule has 3 amide bonds. The van der Waals surface area contributed by atoms with Gasteiger partial charge in [0.1, 0.15) is 6.54 Å². The van der Waals surface area contributed by atoms with E-state index in [0.29, 0.717) is 10.6 Å². The van der Waals surface area contributed by atoms with Crippen molar-refractivity contribution in [1.29, 1.82) is 0 Å². The van der Waals surface area contributed by atoms with Crippen LogP contribution in [0.2, 0.25) is 0 Å². The van der Waals surface area contributed by atoms with Gasteiger partial charge >= 0.3 is 5.97 Å². The van der Waals surface area contributed by atoms with Gasteiger partial charge in [-0.25, -0.2) is 4.90 Å². The quantitative estimate of drug-likeness (QED) is 0.639. The van der Waals surface area contributed by atoms with Crippen molar-refractivity contribution in [3.63, 3.8) is 0 Å². The zero-order valence-electron chi connectivity index (χ0n) is 14.4. The van der Waals surface area contributed by atoms with Crippen LogP contribution in [0.15, 0.2) is 57.9 Å². The maximum Gasteiger partial charge on any atom is 0.322 e. The second-order valence-corrected chi connectivity index (χ2v) is 8.09. The van der Waals surface area contributed by atoms with E-state index in [4.69, 9.17) is 5.11 Å². The Morgan fingerprint density at radius 1 is 1.14 bits per heavy atom. The maximum atomic E-state index is 12.8. The number of nitrogens with zero attached hydrogens (tertiary/aromatic N) is 1. The Hall–Kier alpha value is -2.65. The monoisotopic (exact) mass is 462 g/mol. The van der Waals surface area contributed by atoms with Gasteiger partial charge < -0.3 is 10.4 Å². The van der Waals surface area contributed by atoms with E-state index in [0.717, 1.165) is 21.1 Å². The Bertz CT molecular complexity index is 948. The topological polar surface area (TPSA) is 104 Å². The second kappa shape index (κ2) is 8.57. The molecule has 1 aliphatic heterocycles. The molecular weight excluding hydrogens is 448 g/mol. The van der Waals surface area contributed by atoms with Crippen molar-refractivity contribution >= 4 is 57.1 Å². The van der Waals surface area contributed by atoms with E-state index in [9.17, 15) is 19.2 Å². The number of anilines is 1. The number of benzene rings is 2. The van der Waals surface area contributed by atoms with E-state index in [2.05, 4.69) is 21.2 Å². The van der Waals surface area contributed by atoms with E-state index in [1.807, 2.05) is 0 Å². The van der Waals surface area contributed by atoms with E-state index in [1.165, 1.54) is 0 Å². The number of carbonyl (C=O) groups excluding carboxylic acids is 3. The lowest BCUT2D eigenvalue weighted by atomic mass is 10.2. The first-order valence-corrected chi connectivity index (χ1v) is 9.92. The molecule has 1 heterocycles. The van der Waals surface area contributed by atoms with Gasteiger partial charge in [-0.3, -0.25) is 19.2 Å². The summed E-state index contributed by atoms with van der Waals surface area (Å²) in [4.78, 5) is 49.8. The first kappa shape index (κ1) is 20.1. The summed E-state index contributed by atoms with van der Waals surface area (Å²) >= 11 is 4.44. The van der Waals surface area contributed by atoms with Crippen LogP contribution in [-0.2, 0) is 14.4 Å². The number of carbonyl (C=O) groups is 4. The molecule has 0 aliphatic carbocycles. The number of thioether (sulfide) groups is 1. The maximum absolute atomic E-state index is 12.8. The van der Waals surface area contributed by atoms with Gasteiger partial charge in [0.25, 0.3) is 5.91 Å². The van der Waals surface area contributed by atoms with Gasteiger partial charge in [0, 0.05) is 15.8 Å². The van der Waals surface area contributed by atoms with Crippen LogP contribution in [-0.4, -0.2) is 40.6 Å². The number of amides is 3. The van der Waals surface area contributed by atoms with Gasteiger partial charge in [0.05, 0.1) is 16.5 Å². The molecule has 2 aromatic rings. The van der Waals surface area contributed by atoms with Crippen LogP contribution in [0.3, 0.4) is 0 Å². The minimum Gasteiger partial charge on any atom is -0.480 e. The smallest absolute Gasteiger partial charge is 0.322 e. The van der Waals surface area contributed by atoms with E-state index < -0.39 is 23.7 Å². The molecule has 1 fully saturated rings. The fourth-order valence-corrected chi connectivity index (χ4v) is 4.17. The van der Waals surface area contributed by atoms with Crippen molar-refractivity contribution in [2.75, 3.05) is 11.4 Å². The molecule has 2 N–H and O–H groups in total. The van der Waals surface area contributed by atoms with Crippen molar-refractivity contribution < 1.29 is 24.3 Å². The molecule has 28 heavy (non-hydrogen) atoms. The Kier molecular flexibility index (Phi) is 6.15. The SMILES string of the molecule is O=C(O)CNC(=O)c1ccccc1SC1CC(=O)N(c2ccc(Br)cc2)C1=O. The highest BCUT2D eigenvalue weighted by molar-refractivity contribution is 9.10. The molecule has 1 unspecified atom stereocenters. The fourth-order valence-electron chi connectivity index (χ4n) is 2.72. The van der Waals surface area contributed by atoms with Crippen molar-refractivity contribution in [1.82, 2.24) is 5.32 Å². The normalized spacial score (nSPS) is 16.3. The summed E-state index contributed by atoms with van der Waals surface area (Å²) in [6.45, 7) is -0.504. The zero-order valence-corrected chi connectivity index (χ0v) is 16.8. The number of carboxylic acids is 1. The molecule has 7 nitrogen and oxygen atoms in total. The molecule has 1 aliphatic rings. The largest absolute Gasteiger partial charge is 0.480 e. The van der Waals surface area contributed by atoms with Crippen molar-refractivity contribution in [2.45, 2.75) is 16.6 Å². The third kappa shape index (κ3) is 4.42. The number of nitrogens with one attached hydrogen (secondary N) is 1. The third-order valence-corrected chi connectivity index (χ3v) is 5.78. The Labute approximate surface area is 173 Å². The molecule has 0 saturated carbocycles. The molecule has 0 radical (unpaired) electrons. The van der Waals surface area contributed by atoms with Crippen LogP contribution in [0.25, 0.3) is 0 Å². The van der Waals surface area contributed by atoms with Gasteiger partial charge in [-0.05, 0) is 36.4 Å². The number of aliphatic carboxylic acids is 1. The Morgan fingerprint density at radius 3 is 2.50 bits per heavy atom. The molecular formula is C19H15BrN2O5S. The van der Waals surface area contributed by atoms with Crippen molar-refractivity contribution in [3.8, 4) is 0 Å². The number of carboxylic acid groups (broad SMARTS) is 1. The van der Waals surface area contributed by atoms with Gasteiger partial charge in [-0.1, -0.05) is 28.1 Å². The van der Waals surface area contributed by atoms with Gasteiger partial charge in [0.15, 0.2) is 0 Å². The first-order valence-electron chi connectivity index (χ1n) is 8.25. The number of halogens is 1. The van der Waals surface area contributed by atoms with Crippen LogP contribution in [0.5, 0.6) is 0 Å². The van der Waals surface area contributed by atoms with Crippen LogP contribution in [0.4, 0.5) is 5.69 Å². The highest BCUT2D eigenvalue weighted by atomic mass is 79.9. The van der Waals surface area contributed by atoms with Gasteiger partial charge in [-0.2, -0.15) is 0 Å². The summed E-state index contributed by atoms with van der Waals surface area (Å²) < 4.78 is 0.836. The van der Waals surface area contributed by atoms with Crippen LogP contribution >= 0.6 is 27.7 Å². The van der Waals surface area contributed by atoms with Gasteiger partial charge in [-0.15, -0.1) is 11.8 Å². The lowest BCUT2D eigenvalue weighted by molar-refractivity contribution is -0.135. The first-order chi connectivity index (χ1) is 13.4. The van der Waals surface area contributed by atoms with Crippen LogP contribution < -0.4 is 10.2 Å². The molecule has 9 heteroatoms. The van der Waals surface area contributed by atoms with Crippen molar-refractivity contribution in [3.05, 3.63) is 58.6 Å². The van der Waals surface area contributed by atoms with E-state index in [1.54, 1.807) is 48.5 Å². The zero-order chi connectivity index (χ0) is 20.3. The Morgan fingerprint density at radius 2 is 1.82 bits per heavy atom. The molecule has 1 atom stereocenters. The standard InChI is InChI=1S/C19H15BrN2O5S/c20-11-5-7-12(8-6-11)22-16(23)9-15(19(22)27)28-14-4-2-1-3-13(14)18(26)21-10-17(24)25/h1-8,15H,9-10H2,(H,21,26)(H,24,25). The summed E-state index contributed by atoms with van der Waals surface area (Å²) in [5.41, 5.74) is 0.755. The lowest BCUT2D eigenvalue weighted by Crippen LogP contribution is -2.31. The fraction of sp³-hybridized carbons (Fsp3) is 0.158. The number of hydrogen-bond donors (Lipinski definition) is 2. The molecule has 2 aromatic carbocycles. The number of hydrogen-bond acceptors (Lipinski definition) is 5. The van der Waals surface area contributed by atoms with Crippen LogP contribution in [0.1, 0.15) is 16.8 Å². The molecule has 144 valence electrons. The van der Waals surface area contributed by atoms with E-state index in [-0.39, 0.29) is 23.8 Å². The highest BCUT2D eigenvalue weighted by Gasteiger charge is 2.40. The minimum absolute atomic E-state index is 0.0185. The molecule has 1 saturated heterocycles. The van der Waals surface area contributed by atoms with Crippen LogP contribution in [0, 0.1) is 0 Å². The summed E-state index contributed by atoms with van der Waals surface area (Å²) in [7, 11) is 0. The molecule has 0 spiro atoms. The lowest BCUT2D eigenvalue weighted by Gasteiger charge is -2.15. The number of rotatable bonds is 6. The highest BCUT2D eigenvalue weighted by Crippen LogP contribution is 2.35. The molecule has 0 aromatic heterocycles. The van der Waals surface area contributed by atoms with E-state index >= 15 is 0 Å². The Balaban J connectivity index is 1.78. The molecule has 3 rings (SSSR count). The predicted molar refractivity (Wildman–Crippen MR) is 107 cm³/mol. The minimum atomic E-state index is -1.15.